The number of anilines is 1. The number of halogens is 1. The van der Waals surface area contributed by atoms with Gasteiger partial charge in [0.15, 0.2) is 0 Å². The fourth-order valence-electron chi connectivity index (χ4n) is 2.78. The van der Waals surface area contributed by atoms with Gasteiger partial charge in [0.1, 0.15) is 6.54 Å². The van der Waals surface area contributed by atoms with Gasteiger partial charge in [-0.3, -0.25) is 9.59 Å². The largest absolute Gasteiger partial charge is 0.331 e. The molecule has 0 aromatic heterocycles. The first-order chi connectivity index (χ1) is 10.1. The highest BCUT2D eigenvalue weighted by Gasteiger charge is 2.24. The van der Waals surface area contributed by atoms with E-state index in [0.29, 0.717) is 10.7 Å². The highest BCUT2D eigenvalue weighted by molar-refractivity contribution is 6.30. The molecule has 0 saturated heterocycles. The van der Waals surface area contributed by atoms with E-state index in [9.17, 15) is 9.59 Å². The fraction of sp³-hybridized carbons (Fsp3) is 0.500. The zero-order valence-electron chi connectivity index (χ0n) is 12.3. The lowest BCUT2D eigenvalue weighted by molar-refractivity contribution is -0.135. The Morgan fingerprint density at radius 1 is 1.19 bits per heavy atom. The summed E-state index contributed by atoms with van der Waals surface area (Å²) >= 11 is 5.81. The van der Waals surface area contributed by atoms with Crippen LogP contribution in [-0.2, 0) is 9.59 Å². The Bertz CT molecular complexity index is 496. The van der Waals surface area contributed by atoms with Crippen LogP contribution in [0.3, 0.4) is 0 Å². The smallest absolute Gasteiger partial charge is 0.244 e. The topological polar surface area (TPSA) is 49.4 Å². The standard InChI is InChI=1S/C16H21ClN2O2/c1-12(20)19(15-5-3-2-4-6-15)11-16(21)18-14-9-7-13(17)8-10-14/h7-10,15H,2-6,11H2,1H3,(H,18,21). The molecule has 1 N–H and O–H groups in total. The number of carbonyl (C=O) groups excluding carboxylic acids is 2. The molecule has 0 bridgehead atoms. The molecular weight excluding hydrogens is 288 g/mol. The zero-order chi connectivity index (χ0) is 15.2. The van der Waals surface area contributed by atoms with Crippen LogP contribution in [0.25, 0.3) is 0 Å². The molecule has 1 aromatic carbocycles. The molecule has 1 saturated carbocycles. The van der Waals surface area contributed by atoms with Crippen molar-refractivity contribution in [1.29, 1.82) is 0 Å². The first kappa shape index (κ1) is 15.8. The Balaban J connectivity index is 1.94. The molecule has 0 atom stereocenters. The maximum absolute atomic E-state index is 12.1. The van der Waals surface area contributed by atoms with Gasteiger partial charge in [-0.05, 0) is 37.1 Å². The second-order valence-electron chi connectivity index (χ2n) is 5.49. The molecule has 0 unspecified atom stereocenters. The summed E-state index contributed by atoms with van der Waals surface area (Å²) in [6.45, 7) is 1.65. The summed E-state index contributed by atoms with van der Waals surface area (Å²) in [5.74, 6) is -0.203. The quantitative estimate of drug-likeness (QED) is 0.926. The molecule has 1 aromatic rings. The Morgan fingerprint density at radius 2 is 1.81 bits per heavy atom. The van der Waals surface area contributed by atoms with Gasteiger partial charge in [-0.1, -0.05) is 30.9 Å². The van der Waals surface area contributed by atoms with E-state index in [1.807, 2.05) is 0 Å². The van der Waals surface area contributed by atoms with Crippen molar-refractivity contribution in [2.24, 2.45) is 0 Å². The Kier molecular flexibility index (Phi) is 5.62. The molecule has 2 rings (SSSR count). The number of nitrogens with zero attached hydrogens (tertiary/aromatic N) is 1. The average molecular weight is 309 g/mol. The van der Waals surface area contributed by atoms with Gasteiger partial charge in [-0.15, -0.1) is 0 Å². The maximum Gasteiger partial charge on any atom is 0.244 e. The third kappa shape index (κ3) is 4.74. The van der Waals surface area contributed by atoms with Gasteiger partial charge < -0.3 is 10.2 Å². The van der Waals surface area contributed by atoms with E-state index < -0.39 is 0 Å². The van der Waals surface area contributed by atoms with Gasteiger partial charge in [-0.2, -0.15) is 0 Å². The molecule has 1 aliphatic carbocycles. The van der Waals surface area contributed by atoms with Crippen LogP contribution in [0.5, 0.6) is 0 Å². The Labute approximate surface area is 130 Å². The molecule has 1 fully saturated rings. The predicted octanol–water partition coefficient (Wildman–Crippen LogP) is 3.46. The normalized spacial score (nSPS) is 15.5. The fourth-order valence-corrected chi connectivity index (χ4v) is 2.90. The van der Waals surface area contributed by atoms with Crippen LogP contribution < -0.4 is 5.32 Å². The van der Waals surface area contributed by atoms with Crippen LogP contribution in [0, 0.1) is 0 Å². The van der Waals surface area contributed by atoms with Crippen molar-refractivity contribution in [3.05, 3.63) is 29.3 Å². The number of rotatable bonds is 4. The molecule has 114 valence electrons. The maximum atomic E-state index is 12.1. The number of hydrogen-bond acceptors (Lipinski definition) is 2. The third-order valence-electron chi connectivity index (χ3n) is 3.86. The van der Waals surface area contributed by atoms with Crippen LogP contribution in [0.15, 0.2) is 24.3 Å². The number of amides is 2. The molecule has 1 aliphatic rings. The van der Waals surface area contributed by atoms with E-state index in [-0.39, 0.29) is 24.4 Å². The minimum atomic E-state index is -0.168. The number of nitrogens with one attached hydrogen (secondary N) is 1. The highest BCUT2D eigenvalue weighted by Crippen LogP contribution is 2.22. The molecule has 4 nitrogen and oxygen atoms in total. The summed E-state index contributed by atoms with van der Waals surface area (Å²) < 4.78 is 0. The predicted molar refractivity (Wildman–Crippen MR) is 84.3 cm³/mol. The lowest BCUT2D eigenvalue weighted by atomic mass is 9.94. The van der Waals surface area contributed by atoms with Crippen molar-refractivity contribution in [2.75, 3.05) is 11.9 Å². The van der Waals surface area contributed by atoms with Crippen LogP contribution >= 0.6 is 11.6 Å². The van der Waals surface area contributed by atoms with Crippen molar-refractivity contribution in [2.45, 2.75) is 45.1 Å². The summed E-state index contributed by atoms with van der Waals surface area (Å²) in [5, 5.41) is 3.43. The van der Waals surface area contributed by atoms with Crippen molar-refractivity contribution >= 4 is 29.1 Å². The van der Waals surface area contributed by atoms with Crippen molar-refractivity contribution in [1.82, 2.24) is 4.90 Å². The van der Waals surface area contributed by atoms with E-state index in [0.717, 1.165) is 25.7 Å². The molecule has 2 amide bonds. The SMILES string of the molecule is CC(=O)N(CC(=O)Nc1ccc(Cl)cc1)C1CCCCC1. The summed E-state index contributed by atoms with van der Waals surface area (Å²) in [5.41, 5.74) is 0.691. The van der Waals surface area contributed by atoms with Crippen LogP contribution in [0.4, 0.5) is 5.69 Å². The summed E-state index contributed by atoms with van der Waals surface area (Å²) in [6, 6.07) is 7.15. The average Bonchev–Trinajstić information content (AvgIpc) is 2.48. The van der Waals surface area contributed by atoms with Crippen LogP contribution in [0.2, 0.25) is 5.02 Å². The Hall–Kier alpha value is -1.55. The second-order valence-corrected chi connectivity index (χ2v) is 5.93. The molecule has 0 aliphatic heterocycles. The summed E-state index contributed by atoms with van der Waals surface area (Å²) in [4.78, 5) is 25.6. The first-order valence-corrected chi connectivity index (χ1v) is 7.76. The van der Waals surface area contributed by atoms with Crippen molar-refractivity contribution in [3.8, 4) is 0 Å². The molecular formula is C16H21ClN2O2. The molecule has 0 heterocycles. The molecule has 21 heavy (non-hydrogen) atoms. The Morgan fingerprint density at radius 3 is 2.38 bits per heavy atom. The van der Waals surface area contributed by atoms with Gasteiger partial charge in [0.2, 0.25) is 11.8 Å². The molecule has 0 spiro atoms. The van der Waals surface area contributed by atoms with Gasteiger partial charge in [0.05, 0.1) is 0 Å². The van der Waals surface area contributed by atoms with Gasteiger partial charge in [0, 0.05) is 23.7 Å². The van der Waals surface area contributed by atoms with Gasteiger partial charge in [-0.25, -0.2) is 0 Å². The lowest BCUT2D eigenvalue weighted by Crippen LogP contribution is -2.44. The summed E-state index contributed by atoms with van der Waals surface area (Å²) in [6.07, 6.45) is 5.47. The number of benzene rings is 1. The minimum Gasteiger partial charge on any atom is -0.331 e. The van der Waals surface area contributed by atoms with E-state index in [2.05, 4.69) is 5.32 Å². The third-order valence-corrected chi connectivity index (χ3v) is 4.11. The van der Waals surface area contributed by atoms with E-state index >= 15 is 0 Å². The van der Waals surface area contributed by atoms with Crippen LogP contribution in [-0.4, -0.2) is 29.3 Å². The molecule has 0 radical (unpaired) electrons. The van der Waals surface area contributed by atoms with Crippen LogP contribution in [0.1, 0.15) is 39.0 Å². The second kappa shape index (κ2) is 7.46. The lowest BCUT2D eigenvalue weighted by Gasteiger charge is -2.33. The summed E-state index contributed by atoms with van der Waals surface area (Å²) in [7, 11) is 0. The monoisotopic (exact) mass is 308 g/mol. The number of hydrogen-bond donors (Lipinski definition) is 1. The minimum absolute atomic E-state index is 0.0341. The van der Waals surface area contributed by atoms with E-state index in [1.54, 1.807) is 29.2 Å². The number of carbonyl (C=O) groups is 2. The van der Waals surface area contributed by atoms with Gasteiger partial charge >= 0.3 is 0 Å². The molecule has 5 heteroatoms. The van der Waals surface area contributed by atoms with Gasteiger partial charge in [0.25, 0.3) is 0 Å². The first-order valence-electron chi connectivity index (χ1n) is 7.39. The van der Waals surface area contributed by atoms with Crippen molar-refractivity contribution in [3.63, 3.8) is 0 Å². The van der Waals surface area contributed by atoms with E-state index in [4.69, 9.17) is 11.6 Å². The zero-order valence-corrected chi connectivity index (χ0v) is 13.0. The van der Waals surface area contributed by atoms with Crippen molar-refractivity contribution < 1.29 is 9.59 Å². The highest BCUT2D eigenvalue weighted by atomic mass is 35.5. The van der Waals surface area contributed by atoms with E-state index in [1.165, 1.54) is 13.3 Å².